The Bertz CT molecular complexity index is 914. The van der Waals surface area contributed by atoms with Gasteiger partial charge in [-0.2, -0.15) is 0 Å². The van der Waals surface area contributed by atoms with E-state index in [9.17, 15) is 4.79 Å². The molecule has 1 aromatic carbocycles. The number of hydrogen-bond donors (Lipinski definition) is 1. The summed E-state index contributed by atoms with van der Waals surface area (Å²) in [6.07, 6.45) is 6.78. The molecule has 0 radical (unpaired) electrons. The number of piperidine rings is 1. The number of carbonyl (C=O) groups excluding carboxylic acids is 1. The zero-order valence-corrected chi connectivity index (χ0v) is 18.6. The summed E-state index contributed by atoms with van der Waals surface area (Å²) in [4.78, 5) is 23.7. The van der Waals surface area contributed by atoms with Gasteiger partial charge in [0.1, 0.15) is 11.6 Å². The van der Waals surface area contributed by atoms with Gasteiger partial charge < -0.3 is 24.4 Å². The highest BCUT2D eigenvalue weighted by Crippen LogP contribution is 2.38. The first-order valence-electron chi connectivity index (χ1n) is 10.4. The number of amides is 1. The van der Waals surface area contributed by atoms with Crippen molar-refractivity contribution in [2.24, 2.45) is 0 Å². The van der Waals surface area contributed by atoms with Crippen LogP contribution in [0.15, 0.2) is 24.3 Å². The van der Waals surface area contributed by atoms with Crippen molar-refractivity contribution in [1.82, 2.24) is 15.3 Å². The van der Waals surface area contributed by atoms with Gasteiger partial charge >= 0.3 is 0 Å². The van der Waals surface area contributed by atoms with E-state index in [-0.39, 0.29) is 12.5 Å². The van der Waals surface area contributed by atoms with E-state index in [0.717, 1.165) is 30.2 Å². The van der Waals surface area contributed by atoms with Gasteiger partial charge in [-0.05, 0) is 50.0 Å². The summed E-state index contributed by atoms with van der Waals surface area (Å²) < 4.78 is 16.0. The summed E-state index contributed by atoms with van der Waals surface area (Å²) in [5, 5.41) is 2.85. The highest BCUT2D eigenvalue weighted by Gasteiger charge is 2.14. The van der Waals surface area contributed by atoms with Crippen LogP contribution in [-0.2, 0) is 11.3 Å². The van der Waals surface area contributed by atoms with Crippen LogP contribution >= 0.6 is 0 Å². The van der Waals surface area contributed by atoms with Gasteiger partial charge in [-0.3, -0.25) is 4.79 Å². The molecule has 3 rings (SSSR count). The van der Waals surface area contributed by atoms with Crippen LogP contribution in [0.3, 0.4) is 0 Å². The Balaban J connectivity index is 1.65. The lowest BCUT2D eigenvalue weighted by molar-refractivity contribution is -0.116. The maximum absolute atomic E-state index is 12.3. The number of rotatable bonds is 8. The SMILES string of the molecule is COc1cc(/C=C/C(=O)NCc2nc(C)cc(N3CCCCC3)n2)cc(OC)c1OC. The number of anilines is 1. The molecule has 1 fully saturated rings. The quantitative estimate of drug-likeness (QED) is 0.649. The monoisotopic (exact) mass is 426 g/mol. The number of nitrogens with one attached hydrogen (secondary N) is 1. The third kappa shape index (κ3) is 5.87. The van der Waals surface area contributed by atoms with Crippen LogP contribution < -0.4 is 24.4 Å². The predicted octanol–water partition coefficient (Wildman–Crippen LogP) is 3.13. The van der Waals surface area contributed by atoms with Crippen molar-refractivity contribution in [3.63, 3.8) is 0 Å². The van der Waals surface area contributed by atoms with Crippen LogP contribution in [-0.4, -0.2) is 50.3 Å². The number of hydrogen-bond acceptors (Lipinski definition) is 7. The number of methoxy groups -OCH3 is 3. The molecule has 2 aromatic rings. The second-order valence-corrected chi connectivity index (χ2v) is 7.34. The molecule has 1 amide bonds. The maximum atomic E-state index is 12.3. The summed E-state index contributed by atoms with van der Waals surface area (Å²) in [5.41, 5.74) is 1.65. The Morgan fingerprint density at radius 2 is 1.71 bits per heavy atom. The van der Waals surface area contributed by atoms with Gasteiger partial charge in [0.25, 0.3) is 0 Å². The van der Waals surface area contributed by atoms with Crippen LogP contribution in [0.1, 0.15) is 36.3 Å². The van der Waals surface area contributed by atoms with Gasteiger partial charge in [0.15, 0.2) is 11.5 Å². The van der Waals surface area contributed by atoms with Crippen molar-refractivity contribution >= 4 is 17.8 Å². The summed E-state index contributed by atoms with van der Waals surface area (Å²) in [7, 11) is 4.66. The van der Waals surface area contributed by atoms with Crippen LogP contribution in [0.5, 0.6) is 17.2 Å². The second kappa shape index (κ2) is 10.7. The predicted molar refractivity (Wildman–Crippen MR) is 120 cm³/mol. The molecule has 8 heteroatoms. The molecule has 1 aliphatic rings. The highest BCUT2D eigenvalue weighted by molar-refractivity contribution is 5.91. The number of benzene rings is 1. The fraction of sp³-hybridized carbons (Fsp3) is 0.435. The van der Waals surface area contributed by atoms with Gasteiger partial charge in [0.2, 0.25) is 11.7 Å². The van der Waals surface area contributed by atoms with E-state index < -0.39 is 0 Å². The van der Waals surface area contributed by atoms with Crippen molar-refractivity contribution in [2.75, 3.05) is 39.3 Å². The van der Waals surface area contributed by atoms with Gasteiger partial charge in [-0.15, -0.1) is 0 Å². The Labute approximate surface area is 183 Å². The van der Waals surface area contributed by atoms with Gasteiger partial charge in [0, 0.05) is 30.9 Å². The van der Waals surface area contributed by atoms with Gasteiger partial charge in [-0.1, -0.05) is 0 Å². The highest BCUT2D eigenvalue weighted by atomic mass is 16.5. The molecule has 1 aliphatic heterocycles. The molecule has 31 heavy (non-hydrogen) atoms. The summed E-state index contributed by atoms with van der Waals surface area (Å²) in [5.74, 6) is 2.87. The lowest BCUT2D eigenvalue weighted by Crippen LogP contribution is -2.31. The Morgan fingerprint density at radius 3 is 2.32 bits per heavy atom. The molecule has 0 atom stereocenters. The van der Waals surface area contributed by atoms with E-state index in [2.05, 4.69) is 20.2 Å². The average molecular weight is 427 g/mol. The normalized spacial score (nSPS) is 13.9. The molecule has 166 valence electrons. The zero-order chi connectivity index (χ0) is 22.2. The minimum Gasteiger partial charge on any atom is -0.493 e. The second-order valence-electron chi connectivity index (χ2n) is 7.34. The van der Waals surface area contributed by atoms with Crippen LogP contribution in [0.4, 0.5) is 5.82 Å². The van der Waals surface area contributed by atoms with Gasteiger partial charge in [-0.25, -0.2) is 9.97 Å². The number of aromatic nitrogens is 2. The fourth-order valence-electron chi connectivity index (χ4n) is 3.57. The summed E-state index contributed by atoms with van der Waals surface area (Å²) >= 11 is 0. The summed E-state index contributed by atoms with van der Waals surface area (Å²) in [6, 6.07) is 5.56. The Kier molecular flexibility index (Phi) is 7.70. The average Bonchev–Trinajstić information content (AvgIpc) is 2.80. The molecule has 0 unspecified atom stereocenters. The van der Waals surface area contributed by atoms with E-state index in [0.29, 0.717) is 23.1 Å². The lowest BCUT2D eigenvalue weighted by Gasteiger charge is -2.28. The third-order valence-electron chi connectivity index (χ3n) is 5.10. The van der Waals surface area contributed by atoms with Crippen LogP contribution in [0.25, 0.3) is 6.08 Å². The first kappa shape index (κ1) is 22.4. The number of nitrogens with zero attached hydrogens (tertiary/aromatic N) is 3. The molecule has 8 nitrogen and oxygen atoms in total. The fourth-order valence-corrected chi connectivity index (χ4v) is 3.57. The standard InChI is InChI=1S/C23H30N4O4/c1-16-12-21(27-10-6-5-7-11-27)26-20(25-16)15-24-22(28)9-8-17-13-18(29-2)23(31-4)19(14-17)30-3/h8-9,12-14H,5-7,10-11,15H2,1-4H3,(H,24,28)/b9-8+. The van der Waals surface area contributed by atoms with Gasteiger partial charge in [0.05, 0.1) is 27.9 Å². The largest absolute Gasteiger partial charge is 0.493 e. The first-order valence-corrected chi connectivity index (χ1v) is 10.4. The maximum Gasteiger partial charge on any atom is 0.244 e. The topological polar surface area (TPSA) is 85.8 Å². The molecule has 0 aliphatic carbocycles. The Morgan fingerprint density at radius 1 is 1.03 bits per heavy atom. The number of carbonyl (C=O) groups is 1. The molecule has 0 saturated carbocycles. The lowest BCUT2D eigenvalue weighted by atomic mass is 10.1. The minimum atomic E-state index is -0.238. The molecule has 1 N–H and O–H groups in total. The van der Waals surface area contributed by atoms with E-state index in [1.165, 1.54) is 25.3 Å². The third-order valence-corrected chi connectivity index (χ3v) is 5.10. The van der Waals surface area contributed by atoms with Crippen molar-refractivity contribution in [2.45, 2.75) is 32.7 Å². The minimum absolute atomic E-state index is 0.238. The molecule has 0 bridgehead atoms. The van der Waals surface area contributed by atoms with Crippen molar-refractivity contribution in [3.8, 4) is 17.2 Å². The van der Waals surface area contributed by atoms with Crippen molar-refractivity contribution < 1.29 is 19.0 Å². The number of ether oxygens (including phenoxy) is 3. The first-order chi connectivity index (χ1) is 15.0. The van der Waals surface area contributed by atoms with Crippen molar-refractivity contribution in [3.05, 3.63) is 41.4 Å². The molecule has 0 spiro atoms. The van der Waals surface area contributed by atoms with E-state index in [1.54, 1.807) is 39.5 Å². The van der Waals surface area contributed by atoms with Crippen molar-refractivity contribution in [1.29, 1.82) is 0 Å². The molecule has 2 heterocycles. The smallest absolute Gasteiger partial charge is 0.244 e. The molecular formula is C23H30N4O4. The molecule has 1 saturated heterocycles. The van der Waals surface area contributed by atoms with E-state index in [1.807, 2.05) is 13.0 Å². The van der Waals surface area contributed by atoms with Crippen LogP contribution in [0, 0.1) is 6.92 Å². The van der Waals surface area contributed by atoms with E-state index in [4.69, 9.17) is 14.2 Å². The molecule has 1 aromatic heterocycles. The summed E-state index contributed by atoms with van der Waals surface area (Å²) in [6.45, 7) is 4.24. The Hall–Kier alpha value is -3.29. The number of aryl methyl sites for hydroxylation is 1. The van der Waals surface area contributed by atoms with E-state index >= 15 is 0 Å². The zero-order valence-electron chi connectivity index (χ0n) is 18.6. The van der Waals surface area contributed by atoms with Crippen LogP contribution in [0.2, 0.25) is 0 Å². The molecular weight excluding hydrogens is 396 g/mol.